The maximum absolute atomic E-state index is 11.7. The third kappa shape index (κ3) is 3.56. The largest absolute Gasteiger partial charge is 0.493 e. The van der Waals surface area contributed by atoms with Crippen molar-refractivity contribution in [3.05, 3.63) is 30.1 Å². The highest BCUT2D eigenvalue weighted by Crippen LogP contribution is 2.35. The maximum Gasteiger partial charge on any atom is 0.234 e. The number of nitrogens with zero attached hydrogens (tertiary/aromatic N) is 5. The molecule has 0 spiro atoms. The first-order chi connectivity index (χ1) is 13.0. The van der Waals surface area contributed by atoms with E-state index in [-0.39, 0.29) is 5.92 Å². The van der Waals surface area contributed by atoms with E-state index in [1.807, 2.05) is 31.2 Å². The average molecular weight is 408 g/mol. The lowest BCUT2D eigenvalue weighted by Crippen LogP contribution is -2.37. The van der Waals surface area contributed by atoms with Crippen LogP contribution in [0.1, 0.15) is 31.5 Å². The van der Waals surface area contributed by atoms with Crippen LogP contribution in [0.5, 0.6) is 5.75 Å². The van der Waals surface area contributed by atoms with Crippen molar-refractivity contribution < 1.29 is 13.2 Å². The number of rotatable bonds is 5. The van der Waals surface area contributed by atoms with E-state index in [9.17, 15) is 8.42 Å². The van der Waals surface area contributed by atoms with Crippen LogP contribution in [0.15, 0.2) is 24.3 Å². The van der Waals surface area contributed by atoms with Crippen LogP contribution < -0.4 is 4.74 Å². The predicted molar refractivity (Wildman–Crippen MR) is 104 cm³/mol. The molecule has 0 amide bonds. The topological polar surface area (TPSA) is 89.7 Å². The molecule has 0 atom stereocenters. The van der Waals surface area contributed by atoms with Crippen LogP contribution in [0, 0.1) is 0 Å². The zero-order valence-electron chi connectivity index (χ0n) is 15.2. The number of benzene rings is 1. The van der Waals surface area contributed by atoms with Crippen molar-refractivity contribution in [2.45, 2.75) is 25.7 Å². The molecule has 10 heteroatoms. The van der Waals surface area contributed by atoms with Crippen molar-refractivity contribution >= 4 is 26.3 Å². The van der Waals surface area contributed by atoms with Gasteiger partial charge in [-0.05, 0) is 31.9 Å². The monoisotopic (exact) mass is 407 g/mol. The van der Waals surface area contributed by atoms with E-state index in [2.05, 4.69) is 10.2 Å². The van der Waals surface area contributed by atoms with E-state index in [1.54, 1.807) is 4.52 Å². The van der Waals surface area contributed by atoms with Gasteiger partial charge >= 0.3 is 0 Å². The Kier molecular flexibility index (Phi) is 4.87. The smallest absolute Gasteiger partial charge is 0.234 e. The van der Waals surface area contributed by atoms with Crippen LogP contribution in [0.25, 0.3) is 15.5 Å². The number of hydrogen-bond acceptors (Lipinski definition) is 7. The molecule has 1 fully saturated rings. The first-order valence-corrected chi connectivity index (χ1v) is 11.5. The predicted octanol–water partition coefficient (Wildman–Crippen LogP) is 2.39. The molecule has 0 bridgehead atoms. The molecule has 0 aliphatic carbocycles. The fourth-order valence-corrected chi connectivity index (χ4v) is 5.12. The Balaban J connectivity index is 1.62. The van der Waals surface area contributed by atoms with Gasteiger partial charge in [-0.2, -0.15) is 9.61 Å². The Labute approximate surface area is 161 Å². The van der Waals surface area contributed by atoms with Crippen LogP contribution in [0.4, 0.5) is 0 Å². The second-order valence-corrected chi connectivity index (χ2v) is 9.46. The third-order valence-corrected chi connectivity index (χ3v) is 6.96. The summed E-state index contributed by atoms with van der Waals surface area (Å²) in [6, 6.07) is 7.82. The number of ether oxygens (including phenoxy) is 1. The van der Waals surface area contributed by atoms with Gasteiger partial charge in [0.2, 0.25) is 15.0 Å². The molecule has 0 saturated carbocycles. The molecular weight excluding hydrogens is 386 g/mol. The molecule has 0 unspecified atom stereocenters. The van der Waals surface area contributed by atoms with Gasteiger partial charge in [0.25, 0.3) is 0 Å². The van der Waals surface area contributed by atoms with E-state index in [0.717, 1.165) is 39.9 Å². The van der Waals surface area contributed by atoms with Gasteiger partial charge in [-0.3, -0.25) is 0 Å². The van der Waals surface area contributed by atoms with Crippen LogP contribution >= 0.6 is 11.3 Å². The Morgan fingerprint density at radius 3 is 2.67 bits per heavy atom. The minimum Gasteiger partial charge on any atom is -0.493 e. The molecule has 1 aliphatic rings. The fraction of sp³-hybridized carbons (Fsp3) is 0.471. The summed E-state index contributed by atoms with van der Waals surface area (Å²) in [5.74, 6) is 1.75. The van der Waals surface area contributed by atoms with Crippen LogP contribution in [-0.2, 0) is 10.0 Å². The SMILES string of the molecule is CCOc1ccccc1-c1nn2c(C3CCN(S(C)(=O)=O)CC3)nnc2s1. The number of fused-ring (bicyclic) bond motifs is 1. The molecule has 1 aromatic carbocycles. The van der Waals surface area contributed by atoms with E-state index in [1.165, 1.54) is 21.9 Å². The molecule has 0 radical (unpaired) electrons. The van der Waals surface area contributed by atoms with Gasteiger partial charge in [0.15, 0.2) is 10.8 Å². The minimum atomic E-state index is -3.14. The zero-order valence-corrected chi connectivity index (χ0v) is 16.8. The van der Waals surface area contributed by atoms with E-state index in [4.69, 9.17) is 9.84 Å². The summed E-state index contributed by atoms with van der Waals surface area (Å²) in [6.07, 6.45) is 2.69. The van der Waals surface area contributed by atoms with Crippen LogP contribution in [-0.4, -0.2) is 58.5 Å². The summed E-state index contributed by atoms with van der Waals surface area (Å²) in [5, 5.41) is 14.2. The standard InChI is InChI=1S/C17H21N5O3S2/c1-3-25-14-7-5-4-6-13(14)16-20-22-15(18-19-17(22)26-16)12-8-10-21(11-9-12)27(2,23)24/h4-7,12H,3,8-11H2,1-2H3. The summed E-state index contributed by atoms with van der Waals surface area (Å²) in [5.41, 5.74) is 0.938. The van der Waals surface area contributed by atoms with Crippen molar-refractivity contribution in [2.75, 3.05) is 26.0 Å². The van der Waals surface area contributed by atoms with Gasteiger partial charge in [0.1, 0.15) is 5.75 Å². The van der Waals surface area contributed by atoms with Gasteiger partial charge in [0, 0.05) is 19.0 Å². The second-order valence-electron chi connectivity index (χ2n) is 6.53. The first kappa shape index (κ1) is 18.3. The highest BCUT2D eigenvalue weighted by Gasteiger charge is 2.29. The Morgan fingerprint density at radius 1 is 1.22 bits per heavy atom. The van der Waals surface area contributed by atoms with Gasteiger partial charge in [0.05, 0.1) is 18.4 Å². The molecule has 2 aromatic heterocycles. The number of hydrogen-bond donors (Lipinski definition) is 0. The first-order valence-electron chi connectivity index (χ1n) is 8.87. The maximum atomic E-state index is 11.7. The molecule has 3 heterocycles. The number of piperidine rings is 1. The molecule has 0 N–H and O–H groups in total. The molecule has 144 valence electrons. The Morgan fingerprint density at radius 2 is 1.96 bits per heavy atom. The molecular formula is C17H21N5O3S2. The molecule has 3 aromatic rings. The van der Waals surface area contributed by atoms with E-state index < -0.39 is 10.0 Å². The molecule has 1 saturated heterocycles. The Hall–Kier alpha value is -2.04. The van der Waals surface area contributed by atoms with Crippen LogP contribution in [0.3, 0.4) is 0 Å². The van der Waals surface area contributed by atoms with E-state index >= 15 is 0 Å². The van der Waals surface area contributed by atoms with Gasteiger partial charge < -0.3 is 4.74 Å². The highest BCUT2D eigenvalue weighted by atomic mass is 32.2. The molecule has 27 heavy (non-hydrogen) atoms. The zero-order chi connectivity index (χ0) is 19.0. The van der Waals surface area contributed by atoms with Crippen molar-refractivity contribution in [1.82, 2.24) is 24.1 Å². The van der Waals surface area contributed by atoms with Crippen molar-refractivity contribution in [3.8, 4) is 16.3 Å². The summed E-state index contributed by atoms with van der Waals surface area (Å²) in [7, 11) is -3.14. The molecule has 8 nitrogen and oxygen atoms in total. The van der Waals surface area contributed by atoms with Gasteiger partial charge in [-0.1, -0.05) is 23.5 Å². The van der Waals surface area contributed by atoms with Gasteiger partial charge in [-0.25, -0.2) is 12.7 Å². The third-order valence-electron chi connectivity index (χ3n) is 4.72. The highest BCUT2D eigenvalue weighted by molar-refractivity contribution is 7.88. The number of para-hydroxylation sites is 1. The normalized spacial score (nSPS) is 16.8. The summed E-state index contributed by atoms with van der Waals surface area (Å²) < 4.78 is 32.4. The number of aromatic nitrogens is 4. The second kappa shape index (κ2) is 7.17. The minimum absolute atomic E-state index is 0.148. The average Bonchev–Trinajstić information content (AvgIpc) is 3.22. The van der Waals surface area contributed by atoms with Crippen molar-refractivity contribution in [3.63, 3.8) is 0 Å². The fourth-order valence-electron chi connectivity index (χ4n) is 3.37. The van der Waals surface area contributed by atoms with Crippen molar-refractivity contribution in [1.29, 1.82) is 0 Å². The van der Waals surface area contributed by atoms with Crippen LogP contribution in [0.2, 0.25) is 0 Å². The van der Waals surface area contributed by atoms with Gasteiger partial charge in [-0.15, -0.1) is 10.2 Å². The lowest BCUT2D eigenvalue weighted by atomic mass is 9.97. The lowest BCUT2D eigenvalue weighted by molar-refractivity contribution is 0.313. The van der Waals surface area contributed by atoms with E-state index in [0.29, 0.717) is 19.7 Å². The molecule has 1 aliphatic heterocycles. The lowest BCUT2D eigenvalue weighted by Gasteiger charge is -2.28. The number of sulfonamides is 1. The Bertz CT molecular complexity index is 1050. The van der Waals surface area contributed by atoms with Crippen molar-refractivity contribution in [2.24, 2.45) is 0 Å². The summed E-state index contributed by atoms with van der Waals surface area (Å²) in [4.78, 5) is 0.733. The summed E-state index contributed by atoms with van der Waals surface area (Å²) >= 11 is 1.47. The quantitative estimate of drug-likeness (QED) is 0.645. The molecule has 4 rings (SSSR count). The summed E-state index contributed by atoms with van der Waals surface area (Å²) in [6.45, 7) is 3.55.